The first kappa shape index (κ1) is 24.1. The summed E-state index contributed by atoms with van der Waals surface area (Å²) in [6, 6.07) is 4.91. The second-order valence-electron chi connectivity index (χ2n) is 7.22. The third-order valence-electron chi connectivity index (χ3n) is 3.55. The summed E-state index contributed by atoms with van der Waals surface area (Å²) in [6.07, 6.45) is -1.10. The van der Waals surface area contributed by atoms with Gasteiger partial charge in [0.15, 0.2) is 17.6 Å². The molecular weight excluding hydrogens is 380 g/mol. The number of amides is 2. The van der Waals surface area contributed by atoms with Gasteiger partial charge in [-0.25, -0.2) is 4.79 Å². The Kier molecular flexibility index (Phi) is 9.24. The van der Waals surface area contributed by atoms with E-state index in [1.54, 1.807) is 39.0 Å². The number of hydrogen-bond donors (Lipinski definition) is 2. The lowest BCUT2D eigenvalue weighted by Crippen LogP contribution is -2.33. The molecule has 0 unspecified atom stereocenters. The van der Waals surface area contributed by atoms with E-state index < -0.39 is 29.7 Å². The molecule has 0 aromatic heterocycles. The highest BCUT2D eigenvalue weighted by Crippen LogP contribution is 2.29. The average Bonchev–Trinajstić information content (AvgIpc) is 2.63. The van der Waals surface area contributed by atoms with E-state index >= 15 is 0 Å². The van der Waals surface area contributed by atoms with Crippen LogP contribution in [0, 0.1) is 0 Å². The predicted molar refractivity (Wildman–Crippen MR) is 107 cm³/mol. The molecule has 0 spiro atoms. The van der Waals surface area contributed by atoms with E-state index in [9.17, 15) is 14.4 Å². The molecule has 29 heavy (non-hydrogen) atoms. The molecule has 9 nitrogen and oxygen atoms in total. The Morgan fingerprint density at radius 3 is 2.31 bits per heavy atom. The van der Waals surface area contributed by atoms with Crippen molar-refractivity contribution in [3.05, 3.63) is 18.2 Å². The molecule has 0 heterocycles. The van der Waals surface area contributed by atoms with Gasteiger partial charge < -0.3 is 29.6 Å². The van der Waals surface area contributed by atoms with Gasteiger partial charge in [-0.1, -0.05) is 0 Å². The van der Waals surface area contributed by atoms with E-state index in [2.05, 4.69) is 10.6 Å². The zero-order chi connectivity index (χ0) is 22.0. The molecule has 0 radical (unpaired) electrons. The third kappa shape index (κ3) is 9.18. The van der Waals surface area contributed by atoms with E-state index in [1.807, 2.05) is 0 Å². The SMILES string of the molecule is COc1ccc(NC(=O)[C@H](C)OC(=O)CCCNC(=O)OC(C)(C)C)cc1OC. The van der Waals surface area contributed by atoms with Crippen LogP contribution in [0.2, 0.25) is 0 Å². The lowest BCUT2D eigenvalue weighted by molar-refractivity contribution is -0.153. The van der Waals surface area contributed by atoms with Crippen molar-refractivity contribution in [3.8, 4) is 11.5 Å². The predicted octanol–water partition coefficient (Wildman–Crippen LogP) is 2.88. The number of rotatable bonds is 9. The maximum absolute atomic E-state index is 12.2. The van der Waals surface area contributed by atoms with Crippen LogP contribution in [0.15, 0.2) is 18.2 Å². The van der Waals surface area contributed by atoms with Gasteiger partial charge in [0.05, 0.1) is 14.2 Å². The summed E-state index contributed by atoms with van der Waals surface area (Å²) in [7, 11) is 3.01. The first-order valence-corrected chi connectivity index (χ1v) is 9.25. The Morgan fingerprint density at radius 1 is 1.07 bits per heavy atom. The van der Waals surface area contributed by atoms with Crippen molar-refractivity contribution in [3.63, 3.8) is 0 Å². The van der Waals surface area contributed by atoms with Crippen molar-refractivity contribution >= 4 is 23.7 Å². The molecule has 162 valence electrons. The Bertz CT molecular complexity index is 713. The summed E-state index contributed by atoms with van der Waals surface area (Å²) < 4.78 is 20.5. The summed E-state index contributed by atoms with van der Waals surface area (Å²) in [5.74, 6) is -0.0131. The smallest absolute Gasteiger partial charge is 0.407 e. The van der Waals surface area contributed by atoms with E-state index in [4.69, 9.17) is 18.9 Å². The topological polar surface area (TPSA) is 112 Å². The molecule has 1 rings (SSSR count). The van der Waals surface area contributed by atoms with Gasteiger partial charge >= 0.3 is 12.1 Å². The third-order valence-corrected chi connectivity index (χ3v) is 3.55. The molecule has 0 aliphatic heterocycles. The molecule has 2 amide bonds. The van der Waals surface area contributed by atoms with Gasteiger partial charge in [-0.15, -0.1) is 0 Å². The van der Waals surface area contributed by atoms with Crippen molar-refractivity contribution in [1.82, 2.24) is 5.32 Å². The molecule has 1 aromatic carbocycles. The van der Waals surface area contributed by atoms with Crippen molar-refractivity contribution < 1.29 is 33.3 Å². The summed E-state index contributed by atoms with van der Waals surface area (Å²) in [6.45, 7) is 7.03. The molecule has 1 aromatic rings. The highest BCUT2D eigenvalue weighted by atomic mass is 16.6. The van der Waals surface area contributed by atoms with Crippen LogP contribution in [0.25, 0.3) is 0 Å². The fourth-order valence-corrected chi connectivity index (χ4v) is 2.20. The Balaban J connectivity index is 2.39. The number of methoxy groups -OCH3 is 2. The van der Waals surface area contributed by atoms with E-state index in [0.717, 1.165) is 0 Å². The molecular formula is C20H30N2O7. The fraction of sp³-hybridized carbons (Fsp3) is 0.550. The molecule has 9 heteroatoms. The van der Waals surface area contributed by atoms with E-state index in [-0.39, 0.29) is 13.0 Å². The van der Waals surface area contributed by atoms with Gasteiger partial charge in [0, 0.05) is 24.7 Å². The molecule has 0 fully saturated rings. The van der Waals surface area contributed by atoms with Crippen molar-refractivity contribution in [2.75, 3.05) is 26.1 Å². The van der Waals surface area contributed by atoms with Gasteiger partial charge in [-0.3, -0.25) is 9.59 Å². The number of carbonyl (C=O) groups excluding carboxylic acids is 3. The second kappa shape index (κ2) is 11.1. The van der Waals surface area contributed by atoms with E-state index in [1.165, 1.54) is 21.1 Å². The monoisotopic (exact) mass is 410 g/mol. The van der Waals surface area contributed by atoms with Gasteiger partial charge in [-0.2, -0.15) is 0 Å². The number of nitrogens with one attached hydrogen (secondary N) is 2. The second-order valence-corrected chi connectivity index (χ2v) is 7.22. The standard InChI is InChI=1S/C20H30N2O7/c1-13(18(24)22-14-9-10-15(26-5)16(12-14)27-6)28-17(23)8-7-11-21-19(25)29-20(2,3)4/h9-10,12-13H,7-8,11H2,1-6H3,(H,21,25)(H,22,24)/t13-/m0/s1. The number of hydrogen-bond acceptors (Lipinski definition) is 7. The maximum Gasteiger partial charge on any atom is 0.407 e. The van der Waals surface area contributed by atoms with Crippen LogP contribution in [0.3, 0.4) is 0 Å². The number of alkyl carbamates (subject to hydrolysis) is 1. The van der Waals surface area contributed by atoms with Gasteiger partial charge in [0.1, 0.15) is 5.60 Å². The largest absolute Gasteiger partial charge is 0.493 e. The van der Waals surface area contributed by atoms with Crippen LogP contribution in [0.4, 0.5) is 10.5 Å². The fourth-order valence-electron chi connectivity index (χ4n) is 2.20. The van der Waals surface area contributed by atoms with Gasteiger partial charge in [0.2, 0.25) is 0 Å². The first-order valence-electron chi connectivity index (χ1n) is 9.25. The number of ether oxygens (including phenoxy) is 4. The van der Waals surface area contributed by atoms with Crippen LogP contribution in [-0.2, 0) is 19.1 Å². The molecule has 0 aliphatic carbocycles. The van der Waals surface area contributed by atoms with Crippen LogP contribution >= 0.6 is 0 Å². The lowest BCUT2D eigenvalue weighted by Gasteiger charge is -2.19. The molecule has 0 saturated heterocycles. The maximum atomic E-state index is 12.2. The normalized spacial score (nSPS) is 11.8. The van der Waals surface area contributed by atoms with Gasteiger partial charge in [-0.05, 0) is 46.2 Å². The minimum absolute atomic E-state index is 0.0593. The quantitative estimate of drug-likeness (QED) is 0.475. The van der Waals surface area contributed by atoms with Crippen LogP contribution in [0.1, 0.15) is 40.5 Å². The van der Waals surface area contributed by atoms with Crippen molar-refractivity contribution in [2.45, 2.75) is 52.2 Å². The van der Waals surface area contributed by atoms with Crippen LogP contribution in [-0.4, -0.2) is 50.4 Å². The van der Waals surface area contributed by atoms with Gasteiger partial charge in [0.25, 0.3) is 5.91 Å². The molecule has 0 bridgehead atoms. The van der Waals surface area contributed by atoms with Crippen molar-refractivity contribution in [2.24, 2.45) is 0 Å². The first-order chi connectivity index (χ1) is 13.6. The van der Waals surface area contributed by atoms with E-state index in [0.29, 0.717) is 23.6 Å². The number of anilines is 1. The highest BCUT2D eigenvalue weighted by Gasteiger charge is 2.19. The Hall–Kier alpha value is -2.97. The summed E-state index contributed by atoms with van der Waals surface area (Å²) in [4.78, 5) is 35.6. The average molecular weight is 410 g/mol. The Morgan fingerprint density at radius 2 is 1.72 bits per heavy atom. The lowest BCUT2D eigenvalue weighted by atomic mass is 10.2. The molecule has 2 N–H and O–H groups in total. The number of carbonyl (C=O) groups is 3. The zero-order valence-electron chi connectivity index (χ0n) is 17.8. The minimum Gasteiger partial charge on any atom is -0.493 e. The summed E-state index contributed by atoms with van der Waals surface area (Å²) in [5.41, 5.74) is -0.100. The zero-order valence-corrected chi connectivity index (χ0v) is 17.8. The minimum atomic E-state index is -0.977. The molecule has 0 aliphatic rings. The van der Waals surface area contributed by atoms with Crippen molar-refractivity contribution in [1.29, 1.82) is 0 Å². The molecule has 1 atom stereocenters. The van der Waals surface area contributed by atoms with Crippen LogP contribution in [0.5, 0.6) is 11.5 Å². The van der Waals surface area contributed by atoms with Crippen LogP contribution < -0.4 is 20.1 Å². The summed E-state index contributed by atoms with van der Waals surface area (Å²) in [5, 5.41) is 5.20. The number of esters is 1. The Labute approximate surface area is 171 Å². The summed E-state index contributed by atoms with van der Waals surface area (Å²) >= 11 is 0. The molecule has 0 saturated carbocycles. The highest BCUT2D eigenvalue weighted by molar-refractivity contribution is 5.95. The number of benzene rings is 1.